The minimum atomic E-state index is -5.84. The summed E-state index contributed by atoms with van der Waals surface area (Å²) in [5, 5.41) is 0.819. The highest BCUT2D eigenvalue weighted by atomic mass is 32.2. The predicted octanol–water partition coefficient (Wildman–Crippen LogP) is 4.50. The number of rotatable bonds is 5. The van der Waals surface area contributed by atoms with Gasteiger partial charge in [0.05, 0.1) is 16.7 Å². The Morgan fingerprint density at radius 1 is 1.00 bits per heavy atom. The zero-order valence-electron chi connectivity index (χ0n) is 17.3. The number of aryl methyl sites for hydroxylation is 3. The molecular weight excluding hydrogens is 443 g/mol. The Morgan fingerprint density at radius 2 is 1.59 bits per heavy atom. The molecule has 0 fully saturated rings. The van der Waals surface area contributed by atoms with Crippen LogP contribution in [0.3, 0.4) is 0 Å². The number of nitrogens with two attached hydrogens (primary N) is 1. The van der Waals surface area contributed by atoms with Gasteiger partial charge < -0.3 is 10.3 Å². The second-order valence-corrected chi connectivity index (χ2v) is 8.22. The number of nitrogens with zero attached hydrogens (tertiary/aromatic N) is 2. The van der Waals surface area contributed by atoms with Crippen LogP contribution in [0.2, 0.25) is 0 Å². The lowest BCUT2D eigenvalue weighted by atomic mass is 10.0. The van der Waals surface area contributed by atoms with Crippen molar-refractivity contribution in [3.63, 3.8) is 0 Å². The molecule has 0 aliphatic heterocycles. The molecule has 0 atom stereocenters. The first-order valence-electron chi connectivity index (χ1n) is 9.66. The van der Waals surface area contributed by atoms with Crippen molar-refractivity contribution >= 4 is 21.5 Å². The first-order valence-corrected chi connectivity index (χ1v) is 11.1. The smallest absolute Gasteiger partial charge is 0.396 e. The Kier molecular flexibility index (Phi) is 8.62. The number of halogens is 3. The third-order valence-electron chi connectivity index (χ3n) is 4.39. The summed E-state index contributed by atoms with van der Waals surface area (Å²) in [6, 6.07) is 20.9. The van der Waals surface area contributed by atoms with Gasteiger partial charge in [-0.25, -0.2) is 4.99 Å². The van der Waals surface area contributed by atoms with E-state index in [4.69, 9.17) is 23.7 Å². The molecule has 1 heterocycles. The zero-order chi connectivity index (χ0) is 23.8. The number of pyridine rings is 1. The van der Waals surface area contributed by atoms with Gasteiger partial charge in [0.15, 0.2) is 0 Å². The number of alkyl halides is 3. The van der Waals surface area contributed by atoms with Crippen LogP contribution < -0.4 is 11.1 Å². The fraction of sp³-hybridized carbons (Fsp3) is 0.227. The van der Waals surface area contributed by atoms with Gasteiger partial charge in [-0.3, -0.25) is 4.55 Å². The maximum Gasteiger partial charge on any atom is 0.522 e. The minimum absolute atomic E-state index is 0.703. The molecule has 0 amide bonds. The quantitative estimate of drug-likeness (QED) is 0.426. The molecule has 6 nitrogen and oxygen atoms in total. The van der Waals surface area contributed by atoms with Crippen molar-refractivity contribution in [1.29, 1.82) is 0 Å². The molecule has 0 saturated carbocycles. The fourth-order valence-electron chi connectivity index (χ4n) is 2.70. The molecule has 2 aromatic carbocycles. The normalized spacial score (nSPS) is 12.2. The molecule has 0 radical (unpaired) electrons. The van der Waals surface area contributed by atoms with Crippen LogP contribution in [0.25, 0.3) is 0 Å². The van der Waals surface area contributed by atoms with Gasteiger partial charge in [-0.15, -0.1) is 0 Å². The van der Waals surface area contributed by atoms with Crippen LogP contribution in [0.5, 0.6) is 0 Å². The molecule has 0 aliphatic carbocycles. The molecule has 0 spiro atoms. The highest BCUT2D eigenvalue weighted by Crippen LogP contribution is 2.20. The van der Waals surface area contributed by atoms with Crippen molar-refractivity contribution < 1.29 is 26.1 Å². The van der Waals surface area contributed by atoms with E-state index in [1.165, 1.54) is 11.1 Å². The molecule has 172 valence electrons. The van der Waals surface area contributed by atoms with Gasteiger partial charge in [0, 0.05) is 18.9 Å². The van der Waals surface area contributed by atoms with Crippen molar-refractivity contribution in [2.75, 3.05) is 5.73 Å². The minimum Gasteiger partial charge on any atom is -0.396 e. The van der Waals surface area contributed by atoms with E-state index in [1.54, 1.807) is 0 Å². The summed E-state index contributed by atoms with van der Waals surface area (Å²) < 4.78 is 59.6. The Balaban J connectivity index is 0.000000390. The summed E-state index contributed by atoms with van der Waals surface area (Å²) in [7, 11) is -5.84. The predicted molar refractivity (Wildman–Crippen MR) is 118 cm³/mol. The number of hydrogen-bond donors (Lipinski definition) is 2. The first-order chi connectivity index (χ1) is 15.0. The van der Waals surface area contributed by atoms with Gasteiger partial charge in [-0.1, -0.05) is 42.5 Å². The van der Waals surface area contributed by atoms with E-state index in [9.17, 15) is 13.2 Å². The van der Waals surface area contributed by atoms with Crippen LogP contribution >= 0.6 is 0 Å². The van der Waals surface area contributed by atoms with Gasteiger partial charge in [-0.2, -0.15) is 21.6 Å². The third-order valence-corrected chi connectivity index (χ3v) is 4.97. The molecule has 0 saturated heterocycles. The van der Waals surface area contributed by atoms with Gasteiger partial charge >= 0.3 is 15.6 Å². The van der Waals surface area contributed by atoms with E-state index in [-0.39, 0.29) is 0 Å². The summed E-state index contributed by atoms with van der Waals surface area (Å²) >= 11 is 0. The largest absolute Gasteiger partial charge is 0.522 e. The number of benzene rings is 2. The van der Waals surface area contributed by atoms with Crippen LogP contribution in [0.1, 0.15) is 18.1 Å². The number of hydrogen-bond acceptors (Lipinski definition) is 4. The molecule has 0 aliphatic rings. The van der Waals surface area contributed by atoms with E-state index in [0.717, 1.165) is 30.4 Å². The molecule has 32 heavy (non-hydrogen) atoms. The highest BCUT2D eigenvalue weighted by Gasteiger charge is 2.44. The maximum absolute atomic E-state index is 10.7. The molecule has 10 heteroatoms. The number of aromatic nitrogens is 1. The second kappa shape index (κ2) is 11.0. The Hall–Kier alpha value is -3.11. The average molecular weight is 468 g/mol. The summed E-state index contributed by atoms with van der Waals surface area (Å²) in [6.45, 7) is 2.99. The van der Waals surface area contributed by atoms with Crippen LogP contribution in [-0.2, 0) is 29.5 Å². The lowest BCUT2D eigenvalue weighted by molar-refractivity contribution is -0.0510. The molecule has 1 aromatic heterocycles. The monoisotopic (exact) mass is 467 g/mol. The molecule has 3 aromatic rings. The Morgan fingerprint density at radius 3 is 2.16 bits per heavy atom. The van der Waals surface area contributed by atoms with Crippen molar-refractivity contribution in [2.24, 2.45) is 4.99 Å². The van der Waals surface area contributed by atoms with Gasteiger partial charge in [-0.05, 0) is 49.1 Å². The van der Waals surface area contributed by atoms with E-state index in [2.05, 4.69) is 55.5 Å². The molecular formula is C22H24F3N3O3S. The van der Waals surface area contributed by atoms with Gasteiger partial charge in [0.1, 0.15) is 0 Å². The van der Waals surface area contributed by atoms with Crippen LogP contribution in [0.4, 0.5) is 24.5 Å². The average Bonchev–Trinajstić information content (AvgIpc) is 2.74. The standard InChI is InChI=1S/C21H23N3.CHF3O3S/c1-2-24-14-13-21(20(22)16-24)23-19-10-6-9-18(15-19)12-11-17-7-4-3-5-8-17;2-1(3,4)8(5,6)7/h3-10,13-16H,2,11-12,22H2,1H3;(H,5,6,7). The lowest BCUT2D eigenvalue weighted by Gasteiger charge is -2.05. The second-order valence-electron chi connectivity index (χ2n) is 6.80. The summed E-state index contributed by atoms with van der Waals surface area (Å²) in [5.41, 5.74) is 4.86. The Labute approximate surface area is 184 Å². The molecule has 0 unspecified atom stereocenters. The summed E-state index contributed by atoms with van der Waals surface area (Å²) in [4.78, 5) is 4.69. The Bertz CT molecular complexity index is 1190. The van der Waals surface area contributed by atoms with E-state index < -0.39 is 15.6 Å². The summed E-state index contributed by atoms with van der Waals surface area (Å²) in [6.07, 6.45) is 5.98. The van der Waals surface area contributed by atoms with Crippen molar-refractivity contribution in [1.82, 2.24) is 4.57 Å². The van der Waals surface area contributed by atoms with Crippen molar-refractivity contribution in [3.05, 3.63) is 89.5 Å². The van der Waals surface area contributed by atoms with Crippen LogP contribution in [0, 0.1) is 0 Å². The van der Waals surface area contributed by atoms with Crippen molar-refractivity contribution in [3.8, 4) is 0 Å². The number of nitrogen functional groups attached to an aromatic ring is 1. The van der Waals surface area contributed by atoms with Crippen LogP contribution in [0.15, 0.2) is 78.0 Å². The lowest BCUT2D eigenvalue weighted by Crippen LogP contribution is -2.21. The van der Waals surface area contributed by atoms with Crippen molar-refractivity contribution in [2.45, 2.75) is 31.8 Å². The van der Waals surface area contributed by atoms with Gasteiger partial charge in [0.2, 0.25) is 0 Å². The SMILES string of the molecule is CCn1ccc(=Nc2cccc(CCc3ccccc3)c2)c(N)c1.O=S(=O)(O)C(F)(F)F. The topological polar surface area (TPSA) is 97.7 Å². The highest BCUT2D eigenvalue weighted by molar-refractivity contribution is 7.86. The van der Waals surface area contributed by atoms with E-state index >= 15 is 0 Å². The van der Waals surface area contributed by atoms with E-state index in [1.807, 2.05) is 29.1 Å². The molecule has 0 bridgehead atoms. The number of anilines is 1. The molecule has 3 N–H and O–H groups in total. The maximum atomic E-state index is 10.7. The van der Waals surface area contributed by atoms with Crippen LogP contribution in [-0.4, -0.2) is 23.0 Å². The van der Waals surface area contributed by atoms with E-state index in [0.29, 0.717) is 5.69 Å². The zero-order valence-corrected chi connectivity index (χ0v) is 18.1. The first kappa shape index (κ1) is 25.2. The summed E-state index contributed by atoms with van der Waals surface area (Å²) in [5.74, 6) is 0. The fourth-order valence-corrected chi connectivity index (χ4v) is 2.70. The van der Waals surface area contributed by atoms with Gasteiger partial charge in [0.25, 0.3) is 0 Å². The third kappa shape index (κ3) is 7.86. The molecule has 3 rings (SSSR count).